The standard InChI is InChI=1S/C14H22N2O5S/c1-20-11-10-16(22(3,18)19)9-8-14(17)15-12-6-4-5-7-13(12)21-2/h4-7H,8-11H2,1-3H3,(H,15,17). The normalized spacial score (nSPS) is 11.5. The van der Waals surface area contributed by atoms with Gasteiger partial charge in [-0.3, -0.25) is 4.79 Å². The number of carbonyl (C=O) groups is 1. The third-order valence-corrected chi connectivity index (χ3v) is 4.29. The summed E-state index contributed by atoms with van der Waals surface area (Å²) in [4.78, 5) is 12.0. The number of nitrogens with zero attached hydrogens (tertiary/aromatic N) is 1. The second-order valence-electron chi connectivity index (χ2n) is 4.65. The van der Waals surface area contributed by atoms with Crippen molar-refractivity contribution in [3.8, 4) is 5.75 Å². The zero-order valence-electron chi connectivity index (χ0n) is 13.0. The molecule has 0 fully saturated rings. The summed E-state index contributed by atoms with van der Waals surface area (Å²) >= 11 is 0. The van der Waals surface area contributed by atoms with Gasteiger partial charge in [0.25, 0.3) is 0 Å². The molecule has 1 rings (SSSR count). The Bertz CT molecular complexity index is 589. The Hall–Kier alpha value is -1.64. The molecule has 0 aromatic heterocycles. The molecule has 22 heavy (non-hydrogen) atoms. The first kappa shape index (κ1) is 18.4. The van der Waals surface area contributed by atoms with E-state index in [-0.39, 0.29) is 32.0 Å². The number of ether oxygens (including phenoxy) is 2. The quantitative estimate of drug-likeness (QED) is 0.728. The molecule has 0 unspecified atom stereocenters. The first-order chi connectivity index (χ1) is 10.4. The number of carbonyl (C=O) groups excluding carboxylic acids is 1. The summed E-state index contributed by atoms with van der Waals surface area (Å²) in [5.41, 5.74) is 0.554. The molecule has 0 atom stereocenters. The van der Waals surface area contributed by atoms with Crippen molar-refractivity contribution in [1.29, 1.82) is 0 Å². The molecular formula is C14H22N2O5S. The van der Waals surface area contributed by atoms with Crippen molar-refractivity contribution in [3.05, 3.63) is 24.3 Å². The van der Waals surface area contributed by atoms with Gasteiger partial charge in [-0.1, -0.05) is 12.1 Å². The summed E-state index contributed by atoms with van der Waals surface area (Å²) in [5.74, 6) is 0.269. The molecule has 124 valence electrons. The largest absolute Gasteiger partial charge is 0.495 e. The van der Waals surface area contributed by atoms with Gasteiger partial charge in [-0.25, -0.2) is 8.42 Å². The Morgan fingerprint density at radius 2 is 1.91 bits per heavy atom. The lowest BCUT2D eigenvalue weighted by Crippen LogP contribution is -2.35. The molecule has 7 nitrogen and oxygen atoms in total. The number of amides is 1. The highest BCUT2D eigenvalue weighted by atomic mass is 32.2. The van der Waals surface area contributed by atoms with E-state index in [4.69, 9.17) is 9.47 Å². The molecule has 0 aliphatic carbocycles. The first-order valence-corrected chi connectivity index (χ1v) is 8.60. The fourth-order valence-corrected chi connectivity index (χ4v) is 2.65. The number of nitrogens with one attached hydrogen (secondary N) is 1. The van der Waals surface area contributed by atoms with Crippen LogP contribution in [-0.2, 0) is 19.6 Å². The maximum Gasteiger partial charge on any atom is 0.225 e. The average Bonchev–Trinajstić information content (AvgIpc) is 2.46. The van der Waals surface area contributed by atoms with Crippen molar-refractivity contribution in [2.24, 2.45) is 0 Å². The molecule has 0 radical (unpaired) electrons. The zero-order chi connectivity index (χ0) is 16.6. The molecule has 0 heterocycles. The van der Waals surface area contributed by atoms with E-state index in [2.05, 4.69) is 5.32 Å². The predicted molar refractivity (Wildman–Crippen MR) is 84.5 cm³/mol. The Labute approximate surface area is 131 Å². The fraction of sp³-hybridized carbons (Fsp3) is 0.500. The molecule has 0 spiro atoms. The minimum absolute atomic E-state index is 0.0504. The number of methoxy groups -OCH3 is 2. The van der Waals surface area contributed by atoms with E-state index in [0.717, 1.165) is 6.26 Å². The number of para-hydroxylation sites is 2. The Balaban J connectivity index is 2.60. The molecule has 0 aliphatic heterocycles. The molecule has 0 aliphatic rings. The monoisotopic (exact) mass is 330 g/mol. The summed E-state index contributed by atoms with van der Waals surface area (Å²) in [6.07, 6.45) is 1.16. The minimum atomic E-state index is -3.37. The predicted octanol–water partition coefficient (Wildman–Crippen LogP) is 0.932. The maximum absolute atomic E-state index is 12.0. The van der Waals surface area contributed by atoms with Gasteiger partial charge in [0.05, 0.1) is 25.7 Å². The van der Waals surface area contributed by atoms with Crippen LogP contribution < -0.4 is 10.1 Å². The van der Waals surface area contributed by atoms with Gasteiger partial charge >= 0.3 is 0 Å². The van der Waals surface area contributed by atoms with Gasteiger partial charge in [0, 0.05) is 26.6 Å². The van der Waals surface area contributed by atoms with Crippen molar-refractivity contribution in [2.45, 2.75) is 6.42 Å². The average molecular weight is 330 g/mol. The van der Waals surface area contributed by atoms with Crippen molar-refractivity contribution < 1.29 is 22.7 Å². The van der Waals surface area contributed by atoms with Crippen LogP contribution in [0.15, 0.2) is 24.3 Å². The Morgan fingerprint density at radius 3 is 2.50 bits per heavy atom. The maximum atomic E-state index is 12.0. The number of hydrogen-bond donors (Lipinski definition) is 1. The van der Waals surface area contributed by atoms with Crippen molar-refractivity contribution in [1.82, 2.24) is 4.31 Å². The SMILES string of the molecule is COCCN(CCC(=O)Nc1ccccc1OC)S(C)(=O)=O. The summed E-state index contributed by atoms with van der Waals surface area (Å²) in [7, 11) is -0.360. The smallest absolute Gasteiger partial charge is 0.225 e. The number of rotatable bonds is 9. The summed E-state index contributed by atoms with van der Waals surface area (Å²) in [5, 5.41) is 2.71. The third-order valence-electron chi connectivity index (χ3n) is 2.98. The van der Waals surface area contributed by atoms with Gasteiger partial charge < -0.3 is 14.8 Å². The zero-order valence-corrected chi connectivity index (χ0v) is 13.9. The van der Waals surface area contributed by atoms with E-state index in [1.807, 2.05) is 0 Å². The molecular weight excluding hydrogens is 308 g/mol. The second-order valence-corrected chi connectivity index (χ2v) is 6.64. The molecule has 1 amide bonds. The van der Waals surface area contributed by atoms with E-state index < -0.39 is 10.0 Å². The Kier molecular flexibility index (Phi) is 7.30. The van der Waals surface area contributed by atoms with Gasteiger partial charge in [-0.05, 0) is 12.1 Å². The van der Waals surface area contributed by atoms with Crippen LogP contribution in [-0.4, -0.2) is 58.8 Å². The van der Waals surface area contributed by atoms with Gasteiger partial charge in [-0.15, -0.1) is 0 Å². The van der Waals surface area contributed by atoms with Gasteiger partial charge in [0.15, 0.2) is 0 Å². The van der Waals surface area contributed by atoms with E-state index in [1.54, 1.807) is 24.3 Å². The minimum Gasteiger partial charge on any atom is -0.495 e. The summed E-state index contributed by atoms with van der Waals surface area (Å²) in [6.45, 7) is 0.599. The summed E-state index contributed by atoms with van der Waals surface area (Å²) < 4.78 is 34.5. The highest BCUT2D eigenvalue weighted by Gasteiger charge is 2.17. The van der Waals surface area contributed by atoms with E-state index in [9.17, 15) is 13.2 Å². The highest BCUT2D eigenvalue weighted by molar-refractivity contribution is 7.88. The third kappa shape index (κ3) is 6.00. The first-order valence-electron chi connectivity index (χ1n) is 6.75. The number of anilines is 1. The van der Waals surface area contributed by atoms with E-state index >= 15 is 0 Å². The van der Waals surface area contributed by atoms with Gasteiger partial charge in [0.1, 0.15) is 5.75 Å². The number of sulfonamides is 1. The number of hydrogen-bond acceptors (Lipinski definition) is 5. The molecule has 0 bridgehead atoms. The van der Waals surface area contributed by atoms with Crippen LogP contribution in [0.1, 0.15) is 6.42 Å². The summed E-state index contributed by atoms with van der Waals surface area (Å²) in [6, 6.07) is 7.02. The fourth-order valence-electron chi connectivity index (χ4n) is 1.82. The van der Waals surface area contributed by atoms with Crippen LogP contribution in [0, 0.1) is 0 Å². The molecule has 1 aromatic rings. The number of benzene rings is 1. The van der Waals surface area contributed by atoms with E-state index in [1.165, 1.54) is 18.5 Å². The van der Waals surface area contributed by atoms with Crippen LogP contribution in [0.4, 0.5) is 5.69 Å². The lowest BCUT2D eigenvalue weighted by Gasteiger charge is -2.19. The lowest BCUT2D eigenvalue weighted by molar-refractivity contribution is -0.116. The van der Waals surface area contributed by atoms with E-state index in [0.29, 0.717) is 11.4 Å². The second kappa shape index (κ2) is 8.72. The van der Waals surface area contributed by atoms with Crippen LogP contribution in [0.25, 0.3) is 0 Å². The van der Waals surface area contributed by atoms with Gasteiger partial charge in [-0.2, -0.15) is 4.31 Å². The molecule has 8 heteroatoms. The molecule has 0 saturated heterocycles. The van der Waals surface area contributed by atoms with Crippen molar-refractivity contribution in [3.63, 3.8) is 0 Å². The highest BCUT2D eigenvalue weighted by Crippen LogP contribution is 2.23. The van der Waals surface area contributed by atoms with Gasteiger partial charge in [0.2, 0.25) is 15.9 Å². The molecule has 0 saturated carbocycles. The molecule has 1 N–H and O–H groups in total. The van der Waals surface area contributed by atoms with Crippen molar-refractivity contribution >= 4 is 21.6 Å². The Morgan fingerprint density at radius 1 is 1.23 bits per heavy atom. The van der Waals surface area contributed by atoms with Crippen LogP contribution in [0.3, 0.4) is 0 Å². The topological polar surface area (TPSA) is 84.9 Å². The lowest BCUT2D eigenvalue weighted by atomic mass is 10.3. The van der Waals surface area contributed by atoms with Crippen LogP contribution in [0.5, 0.6) is 5.75 Å². The van der Waals surface area contributed by atoms with Crippen LogP contribution in [0.2, 0.25) is 0 Å². The van der Waals surface area contributed by atoms with Crippen LogP contribution >= 0.6 is 0 Å². The molecule has 1 aromatic carbocycles. The van der Waals surface area contributed by atoms with Crippen molar-refractivity contribution in [2.75, 3.05) is 45.5 Å².